The molecule has 0 aromatic heterocycles. The minimum absolute atomic E-state index is 0.167. The minimum atomic E-state index is -5.35. The molecular weight excluding hydrogens is 214 g/mol. The van der Waals surface area contributed by atoms with Gasteiger partial charge in [0.1, 0.15) is 5.56 Å². The number of hydrogen-bond donors (Lipinski definition) is 1. The van der Waals surface area contributed by atoms with Gasteiger partial charge in [-0.3, -0.25) is 0 Å². The van der Waals surface area contributed by atoms with Gasteiger partial charge in [-0.05, 0) is 0 Å². The molecule has 0 atom stereocenters. The lowest BCUT2D eigenvalue weighted by atomic mass is 10.1. The molecule has 0 bridgehead atoms. The Hall–Kier alpha value is -1.40. The molecule has 1 rings (SSSR count). The number of rotatable bonds is 0. The van der Waals surface area contributed by atoms with Gasteiger partial charge in [0, 0.05) is 6.07 Å². The molecule has 1 aromatic carbocycles. The average Bonchev–Trinajstić information content (AvgIpc) is 1.98. The van der Waals surface area contributed by atoms with Crippen molar-refractivity contribution in [3.8, 4) is 5.75 Å². The molecule has 0 amide bonds. The van der Waals surface area contributed by atoms with Crippen molar-refractivity contribution in [1.29, 1.82) is 0 Å². The highest BCUT2D eigenvalue weighted by Crippen LogP contribution is 2.39. The van der Waals surface area contributed by atoms with Crippen molar-refractivity contribution in [2.45, 2.75) is 6.18 Å². The van der Waals surface area contributed by atoms with Crippen LogP contribution in [0.4, 0.5) is 26.3 Å². The molecule has 1 N–H and O–H groups in total. The normalized spacial score (nSPS) is 11.9. The van der Waals surface area contributed by atoms with E-state index in [1.807, 2.05) is 0 Å². The van der Waals surface area contributed by atoms with Gasteiger partial charge < -0.3 is 5.11 Å². The molecule has 0 unspecified atom stereocenters. The van der Waals surface area contributed by atoms with E-state index in [1.54, 1.807) is 0 Å². The van der Waals surface area contributed by atoms with Crippen LogP contribution in [-0.4, -0.2) is 5.11 Å². The van der Waals surface area contributed by atoms with Crippen LogP contribution in [0.15, 0.2) is 6.07 Å². The summed E-state index contributed by atoms with van der Waals surface area (Å²) in [5, 5.41) is 8.54. The first-order valence-corrected chi connectivity index (χ1v) is 3.18. The maximum atomic E-state index is 12.5. The molecule has 0 aliphatic carbocycles. The van der Waals surface area contributed by atoms with E-state index in [2.05, 4.69) is 0 Å². The Morgan fingerprint density at radius 2 is 1.50 bits per heavy atom. The summed E-state index contributed by atoms with van der Waals surface area (Å²) in [6.07, 6.45) is -5.35. The average molecular weight is 216 g/mol. The lowest BCUT2D eigenvalue weighted by molar-refractivity contribution is -0.141. The highest BCUT2D eigenvalue weighted by molar-refractivity contribution is 5.37. The summed E-state index contributed by atoms with van der Waals surface area (Å²) in [5.41, 5.74) is -2.34. The minimum Gasteiger partial charge on any atom is -0.504 e. The van der Waals surface area contributed by atoms with Crippen LogP contribution in [0.25, 0.3) is 0 Å². The Morgan fingerprint density at radius 3 is 1.93 bits per heavy atom. The maximum absolute atomic E-state index is 12.5. The standard InChI is InChI=1S/C7H2F6O/c8-2-1-3(9)6(14)4(5(2)10)7(11,12)13/h1,14H. The fraction of sp³-hybridized carbons (Fsp3) is 0.143. The second-order valence-corrected chi connectivity index (χ2v) is 2.38. The van der Waals surface area contributed by atoms with E-state index in [0.29, 0.717) is 0 Å². The molecule has 0 aliphatic heterocycles. The van der Waals surface area contributed by atoms with Crippen LogP contribution in [0.2, 0.25) is 0 Å². The third-order valence-electron chi connectivity index (χ3n) is 1.43. The van der Waals surface area contributed by atoms with Gasteiger partial charge in [0.05, 0.1) is 0 Å². The summed E-state index contributed by atoms with van der Waals surface area (Å²) in [4.78, 5) is 0. The summed E-state index contributed by atoms with van der Waals surface area (Å²) in [7, 11) is 0. The van der Waals surface area contributed by atoms with Crippen LogP contribution in [0, 0.1) is 17.5 Å². The molecule has 0 heterocycles. The first kappa shape index (κ1) is 10.7. The van der Waals surface area contributed by atoms with E-state index in [4.69, 9.17) is 5.11 Å². The van der Waals surface area contributed by atoms with E-state index in [-0.39, 0.29) is 6.07 Å². The topological polar surface area (TPSA) is 20.2 Å². The van der Waals surface area contributed by atoms with Crippen molar-refractivity contribution in [1.82, 2.24) is 0 Å². The number of halogens is 6. The summed E-state index contributed by atoms with van der Waals surface area (Å²) in [5.74, 6) is -8.14. The zero-order valence-corrected chi connectivity index (χ0v) is 6.29. The fourth-order valence-corrected chi connectivity index (χ4v) is 0.844. The molecule has 7 heteroatoms. The van der Waals surface area contributed by atoms with Crippen molar-refractivity contribution in [2.24, 2.45) is 0 Å². The quantitative estimate of drug-likeness (QED) is 0.522. The van der Waals surface area contributed by atoms with E-state index in [1.165, 1.54) is 0 Å². The molecular formula is C7H2F6O. The number of phenols is 1. The Labute approximate surface area is 73.6 Å². The Morgan fingerprint density at radius 1 is 1.00 bits per heavy atom. The van der Waals surface area contributed by atoms with Crippen LogP contribution in [-0.2, 0) is 6.18 Å². The zero-order chi connectivity index (χ0) is 11.1. The molecule has 0 aliphatic rings. The van der Waals surface area contributed by atoms with Crippen LogP contribution in [0.3, 0.4) is 0 Å². The summed E-state index contributed by atoms with van der Waals surface area (Å²) in [6.45, 7) is 0. The molecule has 0 saturated heterocycles. The molecule has 0 spiro atoms. The van der Waals surface area contributed by atoms with Crippen LogP contribution in [0.5, 0.6) is 5.75 Å². The SMILES string of the molecule is Oc1c(F)cc(F)c(F)c1C(F)(F)F. The van der Waals surface area contributed by atoms with Crippen molar-refractivity contribution >= 4 is 0 Å². The fourth-order valence-electron chi connectivity index (χ4n) is 0.844. The molecule has 0 fully saturated rings. The van der Waals surface area contributed by atoms with Crippen LogP contribution in [0.1, 0.15) is 5.56 Å². The van der Waals surface area contributed by atoms with Crippen molar-refractivity contribution in [2.75, 3.05) is 0 Å². The maximum Gasteiger partial charge on any atom is 0.423 e. The predicted octanol–water partition coefficient (Wildman–Crippen LogP) is 2.83. The van der Waals surface area contributed by atoms with Crippen LogP contribution >= 0.6 is 0 Å². The number of aromatic hydroxyl groups is 1. The predicted molar refractivity (Wildman–Crippen MR) is 33.0 cm³/mol. The molecule has 78 valence electrons. The molecule has 1 aromatic rings. The smallest absolute Gasteiger partial charge is 0.423 e. The van der Waals surface area contributed by atoms with Gasteiger partial charge in [0.25, 0.3) is 0 Å². The summed E-state index contributed by atoms with van der Waals surface area (Å²) >= 11 is 0. The Balaban J connectivity index is 3.56. The van der Waals surface area contributed by atoms with E-state index in [0.717, 1.165) is 0 Å². The van der Waals surface area contributed by atoms with Gasteiger partial charge in [-0.2, -0.15) is 13.2 Å². The van der Waals surface area contributed by atoms with Crippen molar-refractivity contribution in [3.63, 3.8) is 0 Å². The first-order chi connectivity index (χ1) is 6.25. The van der Waals surface area contributed by atoms with E-state index < -0.39 is 34.9 Å². The van der Waals surface area contributed by atoms with E-state index >= 15 is 0 Å². The second-order valence-electron chi connectivity index (χ2n) is 2.38. The number of hydrogen-bond acceptors (Lipinski definition) is 1. The van der Waals surface area contributed by atoms with Gasteiger partial charge >= 0.3 is 6.18 Å². The second kappa shape index (κ2) is 3.07. The van der Waals surface area contributed by atoms with Gasteiger partial charge in [-0.25, -0.2) is 13.2 Å². The summed E-state index contributed by atoms with van der Waals surface area (Å²) < 4.78 is 73.0. The largest absolute Gasteiger partial charge is 0.504 e. The number of phenolic OH excluding ortho intramolecular Hbond substituents is 1. The van der Waals surface area contributed by atoms with Gasteiger partial charge in [0.2, 0.25) is 0 Å². The molecule has 14 heavy (non-hydrogen) atoms. The summed E-state index contributed by atoms with van der Waals surface area (Å²) in [6, 6.07) is -0.167. The van der Waals surface area contributed by atoms with E-state index in [9.17, 15) is 26.3 Å². The van der Waals surface area contributed by atoms with Gasteiger partial charge in [0.15, 0.2) is 23.2 Å². The Kier molecular flexibility index (Phi) is 2.34. The highest BCUT2D eigenvalue weighted by atomic mass is 19.4. The lowest BCUT2D eigenvalue weighted by Gasteiger charge is -2.10. The number of alkyl halides is 3. The van der Waals surface area contributed by atoms with Gasteiger partial charge in [-0.15, -0.1) is 0 Å². The third kappa shape index (κ3) is 1.61. The third-order valence-corrected chi connectivity index (χ3v) is 1.43. The number of benzene rings is 1. The molecule has 0 saturated carbocycles. The molecule has 1 nitrogen and oxygen atoms in total. The first-order valence-electron chi connectivity index (χ1n) is 3.18. The van der Waals surface area contributed by atoms with Crippen molar-refractivity contribution in [3.05, 3.63) is 29.1 Å². The lowest BCUT2D eigenvalue weighted by Crippen LogP contribution is -2.11. The van der Waals surface area contributed by atoms with Crippen molar-refractivity contribution < 1.29 is 31.4 Å². The Bertz CT molecular complexity index is 343. The molecule has 0 radical (unpaired) electrons. The monoisotopic (exact) mass is 216 g/mol. The van der Waals surface area contributed by atoms with Gasteiger partial charge in [-0.1, -0.05) is 0 Å². The highest BCUT2D eigenvalue weighted by Gasteiger charge is 2.40. The van der Waals surface area contributed by atoms with Crippen LogP contribution < -0.4 is 0 Å². The zero-order valence-electron chi connectivity index (χ0n) is 6.29.